The van der Waals surface area contributed by atoms with Gasteiger partial charge in [0.25, 0.3) is 0 Å². The Kier molecular flexibility index (Phi) is 3.83. The Morgan fingerprint density at radius 1 is 1.35 bits per heavy atom. The number of benzene rings is 1. The summed E-state index contributed by atoms with van der Waals surface area (Å²) in [6.45, 7) is 6.48. The van der Waals surface area contributed by atoms with Gasteiger partial charge in [0.2, 0.25) is 11.8 Å². The summed E-state index contributed by atoms with van der Waals surface area (Å²) in [4.78, 5) is 26.2. The fourth-order valence-electron chi connectivity index (χ4n) is 3.23. The first kappa shape index (κ1) is 15.5. The standard InChI is InChI=1S/C17H21N3O3/c1-12-18-20(16(22)23-12)10-15(21)19-11-17(2,3)9-14(19)13-7-5-4-6-8-13/h4-8,14H,9-11H2,1-3H3. The highest BCUT2D eigenvalue weighted by atomic mass is 16.4. The molecule has 23 heavy (non-hydrogen) atoms. The minimum absolute atomic E-state index is 0.0300. The molecule has 1 fully saturated rings. The van der Waals surface area contributed by atoms with E-state index < -0.39 is 5.76 Å². The van der Waals surface area contributed by atoms with Crippen molar-refractivity contribution in [2.75, 3.05) is 6.54 Å². The molecule has 2 heterocycles. The van der Waals surface area contributed by atoms with Gasteiger partial charge in [-0.25, -0.2) is 4.79 Å². The van der Waals surface area contributed by atoms with Gasteiger partial charge >= 0.3 is 5.76 Å². The van der Waals surface area contributed by atoms with Gasteiger partial charge in [-0.1, -0.05) is 44.2 Å². The largest absolute Gasteiger partial charge is 0.437 e. The van der Waals surface area contributed by atoms with Crippen LogP contribution in [-0.2, 0) is 11.3 Å². The molecule has 6 heteroatoms. The van der Waals surface area contributed by atoms with Crippen LogP contribution in [0.25, 0.3) is 0 Å². The predicted octanol–water partition coefficient (Wildman–Crippen LogP) is 2.14. The maximum atomic E-state index is 12.7. The van der Waals surface area contributed by atoms with Crippen molar-refractivity contribution in [3.05, 3.63) is 52.3 Å². The SMILES string of the molecule is Cc1nn(CC(=O)N2CC(C)(C)CC2c2ccccc2)c(=O)o1. The van der Waals surface area contributed by atoms with E-state index in [-0.39, 0.29) is 29.8 Å². The molecular formula is C17H21N3O3. The van der Waals surface area contributed by atoms with Gasteiger partial charge in [-0.05, 0) is 17.4 Å². The molecule has 0 bridgehead atoms. The van der Waals surface area contributed by atoms with Gasteiger partial charge in [0.1, 0.15) is 6.54 Å². The number of hydrogen-bond acceptors (Lipinski definition) is 4. The number of carbonyl (C=O) groups is 1. The Labute approximate surface area is 134 Å². The van der Waals surface area contributed by atoms with Gasteiger partial charge in [0, 0.05) is 13.5 Å². The third-order valence-corrected chi connectivity index (χ3v) is 4.22. The highest BCUT2D eigenvalue weighted by Gasteiger charge is 2.40. The Bertz CT molecular complexity index is 761. The average Bonchev–Trinajstić information content (AvgIpc) is 2.99. The minimum Gasteiger partial charge on any atom is -0.393 e. The van der Waals surface area contributed by atoms with E-state index in [1.165, 1.54) is 0 Å². The number of aromatic nitrogens is 2. The maximum Gasteiger partial charge on any atom is 0.437 e. The lowest BCUT2D eigenvalue weighted by atomic mass is 9.89. The fraction of sp³-hybridized carbons (Fsp3) is 0.471. The predicted molar refractivity (Wildman–Crippen MR) is 84.8 cm³/mol. The normalized spacial score (nSPS) is 20.0. The second-order valence-electron chi connectivity index (χ2n) is 6.86. The summed E-state index contributed by atoms with van der Waals surface area (Å²) in [7, 11) is 0. The molecular weight excluding hydrogens is 294 g/mol. The number of hydrogen-bond donors (Lipinski definition) is 0. The molecule has 0 radical (unpaired) electrons. The molecule has 0 aliphatic carbocycles. The van der Waals surface area contributed by atoms with Crippen LogP contribution in [0.5, 0.6) is 0 Å². The number of aryl methyl sites for hydroxylation is 1. The molecule has 1 saturated heterocycles. The van der Waals surface area contributed by atoms with Gasteiger partial charge in [0.15, 0.2) is 0 Å². The molecule has 3 rings (SSSR count). The Balaban J connectivity index is 1.85. The number of likely N-dealkylation sites (tertiary alicyclic amines) is 1. The summed E-state index contributed by atoms with van der Waals surface area (Å²) in [6.07, 6.45) is 0.898. The van der Waals surface area contributed by atoms with Crippen LogP contribution < -0.4 is 5.76 Å². The highest BCUT2D eigenvalue weighted by Crippen LogP contribution is 2.42. The molecule has 1 amide bonds. The number of nitrogens with zero attached hydrogens (tertiary/aromatic N) is 3. The van der Waals surface area contributed by atoms with Crippen molar-refractivity contribution in [2.24, 2.45) is 5.41 Å². The van der Waals surface area contributed by atoms with Gasteiger partial charge < -0.3 is 9.32 Å². The van der Waals surface area contributed by atoms with Crippen molar-refractivity contribution in [3.8, 4) is 0 Å². The first-order valence-corrected chi connectivity index (χ1v) is 7.75. The van der Waals surface area contributed by atoms with Gasteiger partial charge in [0.05, 0.1) is 6.04 Å². The van der Waals surface area contributed by atoms with E-state index in [9.17, 15) is 9.59 Å². The van der Waals surface area contributed by atoms with Crippen molar-refractivity contribution in [1.29, 1.82) is 0 Å². The summed E-state index contributed by atoms with van der Waals surface area (Å²) in [5, 5.41) is 3.95. The Morgan fingerprint density at radius 3 is 2.65 bits per heavy atom. The van der Waals surface area contributed by atoms with Crippen LogP contribution in [0.3, 0.4) is 0 Å². The van der Waals surface area contributed by atoms with E-state index in [0.717, 1.165) is 16.7 Å². The van der Waals surface area contributed by atoms with Gasteiger partial charge in [-0.3, -0.25) is 4.79 Å². The maximum absolute atomic E-state index is 12.7. The van der Waals surface area contributed by atoms with Gasteiger partial charge in [-0.15, -0.1) is 5.10 Å². The first-order valence-electron chi connectivity index (χ1n) is 7.75. The molecule has 0 saturated carbocycles. The number of carbonyl (C=O) groups excluding carboxylic acids is 1. The van der Waals surface area contributed by atoms with Crippen LogP contribution in [0.2, 0.25) is 0 Å². The number of amides is 1. The summed E-state index contributed by atoms with van der Waals surface area (Å²) in [5.74, 6) is -0.436. The van der Waals surface area contributed by atoms with Crippen LogP contribution in [-0.4, -0.2) is 27.1 Å². The minimum atomic E-state index is -0.592. The lowest BCUT2D eigenvalue weighted by Crippen LogP contribution is -2.36. The molecule has 1 aliphatic rings. The van der Waals surface area contributed by atoms with Crippen LogP contribution in [0.4, 0.5) is 0 Å². The van der Waals surface area contributed by atoms with E-state index in [2.05, 4.69) is 18.9 Å². The Hall–Kier alpha value is -2.37. The van der Waals surface area contributed by atoms with Crippen LogP contribution in [0, 0.1) is 12.3 Å². The molecule has 1 aromatic heterocycles. The second kappa shape index (κ2) is 5.68. The van der Waals surface area contributed by atoms with Crippen LogP contribution in [0.1, 0.15) is 37.8 Å². The van der Waals surface area contributed by atoms with Crippen molar-refractivity contribution in [1.82, 2.24) is 14.7 Å². The topological polar surface area (TPSA) is 68.3 Å². The third-order valence-electron chi connectivity index (χ3n) is 4.22. The smallest absolute Gasteiger partial charge is 0.393 e. The molecule has 1 atom stereocenters. The van der Waals surface area contributed by atoms with Crippen molar-refractivity contribution in [2.45, 2.75) is 39.8 Å². The average molecular weight is 315 g/mol. The number of rotatable bonds is 3. The van der Waals surface area contributed by atoms with E-state index in [1.54, 1.807) is 6.92 Å². The van der Waals surface area contributed by atoms with Gasteiger partial charge in [-0.2, -0.15) is 4.68 Å². The van der Waals surface area contributed by atoms with Crippen LogP contribution >= 0.6 is 0 Å². The van der Waals surface area contributed by atoms with E-state index in [1.807, 2.05) is 35.2 Å². The molecule has 6 nitrogen and oxygen atoms in total. The fourth-order valence-corrected chi connectivity index (χ4v) is 3.23. The van der Waals surface area contributed by atoms with Crippen molar-refractivity contribution < 1.29 is 9.21 Å². The lowest BCUT2D eigenvalue weighted by Gasteiger charge is -2.25. The molecule has 0 spiro atoms. The van der Waals surface area contributed by atoms with E-state index in [4.69, 9.17) is 4.42 Å². The summed E-state index contributed by atoms with van der Waals surface area (Å²) < 4.78 is 5.94. The summed E-state index contributed by atoms with van der Waals surface area (Å²) in [6, 6.07) is 10.0. The van der Waals surface area contributed by atoms with E-state index in [0.29, 0.717) is 6.54 Å². The third kappa shape index (κ3) is 3.21. The molecule has 1 unspecified atom stereocenters. The summed E-state index contributed by atoms with van der Waals surface area (Å²) >= 11 is 0. The lowest BCUT2D eigenvalue weighted by molar-refractivity contribution is -0.133. The first-order chi connectivity index (χ1) is 10.9. The van der Waals surface area contributed by atoms with Crippen molar-refractivity contribution in [3.63, 3.8) is 0 Å². The van der Waals surface area contributed by atoms with Crippen LogP contribution in [0.15, 0.2) is 39.5 Å². The van der Waals surface area contributed by atoms with Crippen molar-refractivity contribution >= 4 is 5.91 Å². The molecule has 1 aliphatic heterocycles. The Morgan fingerprint density at radius 2 is 2.04 bits per heavy atom. The molecule has 2 aromatic rings. The zero-order valence-corrected chi connectivity index (χ0v) is 13.7. The highest BCUT2D eigenvalue weighted by molar-refractivity contribution is 5.77. The van der Waals surface area contributed by atoms with E-state index >= 15 is 0 Å². The molecule has 1 aromatic carbocycles. The zero-order chi connectivity index (χ0) is 16.6. The summed E-state index contributed by atoms with van der Waals surface area (Å²) in [5.41, 5.74) is 1.16. The zero-order valence-electron chi connectivity index (χ0n) is 13.7. The second-order valence-corrected chi connectivity index (χ2v) is 6.86. The quantitative estimate of drug-likeness (QED) is 0.870. The molecule has 122 valence electrons. The monoisotopic (exact) mass is 315 g/mol. The molecule has 0 N–H and O–H groups in total.